The van der Waals surface area contributed by atoms with E-state index in [0.717, 1.165) is 19.5 Å². The molecule has 0 saturated heterocycles. The lowest BCUT2D eigenvalue weighted by Crippen LogP contribution is -2.20. The largest absolute Gasteiger partial charge is 0.365 e. The third-order valence-corrected chi connectivity index (χ3v) is 2.48. The van der Waals surface area contributed by atoms with Crippen molar-refractivity contribution < 1.29 is 0 Å². The number of nitrogens with one attached hydrogen (secondary N) is 1. The van der Waals surface area contributed by atoms with Crippen molar-refractivity contribution in [2.24, 2.45) is 0 Å². The van der Waals surface area contributed by atoms with Crippen LogP contribution in [0.2, 0.25) is 0 Å². The van der Waals surface area contributed by atoms with E-state index in [2.05, 4.69) is 31.1 Å². The topological polar surface area (TPSA) is 19.0 Å². The second-order valence-electron chi connectivity index (χ2n) is 2.58. The lowest BCUT2D eigenvalue weighted by Gasteiger charge is -2.19. The molecule has 54 valence electrons. The average molecular weight is 201 g/mol. The van der Waals surface area contributed by atoms with Crippen molar-refractivity contribution in [3.63, 3.8) is 0 Å². The maximum absolute atomic E-state index is 3.46. The fraction of sp³-hybridized carbons (Fsp3) is 0.429. The van der Waals surface area contributed by atoms with Gasteiger partial charge in [-0.15, -0.1) is 0 Å². The molecule has 2 rings (SSSR count). The van der Waals surface area contributed by atoms with Crippen LogP contribution in [-0.4, -0.2) is 15.5 Å². The Bertz CT molecular complexity index is 231. The van der Waals surface area contributed by atoms with Gasteiger partial charge >= 0.3 is 0 Å². The smallest absolute Gasteiger partial charge is 0.0361 e. The first-order chi connectivity index (χ1) is 4.86. The van der Waals surface area contributed by atoms with Gasteiger partial charge < -0.3 is 4.98 Å². The summed E-state index contributed by atoms with van der Waals surface area (Å²) in [6.45, 7) is 2.13. The highest BCUT2D eigenvalue weighted by Crippen LogP contribution is 2.18. The van der Waals surface area contributed by atoms with Gasteiger partial charge in [0.25, 0.3) is 0 Å². The zero-order chi connectivity index (χ0) is 6.97. The maximum Gasteiger partial charge on any atom is 0.0361 e. The molecule has 1 aliphatic heterocycles. The van der Waals surface area contributed by atoms with Crippen molar-refractivity contribution in [3.05, 3.63) is 23.5 Å². The van der Waals surface area contributed by atoms with E-state index in [9.17, 15) is 0 Å². The molecule has 0 atom stereocenters. The van der Waals surface area contributed by atoms with Crippen LogP contribution in [0.3, 0.4) is 0 Å². The first-order valence-electron chi connectivity index (χ1n) is 3.42. The molecule has 3 heteroatoms. The molecule has 0 bridgehead atoms. The second-order valence-corrected chi connectivity index (χ2v) is 3.58. The predicted molar refractivity (Wildman–Crippen MR) is 43.8 cm³/mol. The summed E-state index contributed by atoms with van der Waals surface area (Å²) in [5.41, 5.74) is 2.82. The minimum absolute atomic E-state index is 1.03. The van der Waals surface area contributed by atoms with E-state index in [1.54, 1.807) is 0 Å². The van der Waals surface area contributed by atoms with E-state index in [1.165, 1.54) is 11.3 Å². The Morgan fingerprint density at radius 2 is 2.50 bits per heavy atom. The van der Waals surface area contributed by atoms with Crippen molar-refractivity contribution in [1.29, 1.82) is 0 Å². The third-order valence-electron chi connectivity index (χ3n) is 1.88. The summed E-state index contributed by atoms with van der Waals surface area (Å²) in [6, 6.07) is 2.14. The zero-order valence-electron chi connectivity index (χ0n) is 5.60. The summed E-state index contributed by atoms with van der Waals surface area (Å²) in [6.07, 6.45) is 3.14. The van der Waals surface area contributed by atoms with Gasteiger partial charge in [0.1, 0.15) is 0 Å². The molecule has 0 fully saturated rings. The van der Waals surface area contributed by atoms with Crippen LogP contribution in [0, 0.1) is 0 Å². The molecule has 1 aliphatic rings. The fourth-order valence-corrected chi connectivity index (χ4v) is 1.76. The van der Waals surface area contributed by atoms with Gasteiger partial charge in [-0.1, -0.05) is 0 Å². The Hall–Kier alpha value is -0.280. The summed E-state index contributed by atoms with van der Waals surface area (Å²) < 4.78 is 2.16. The lowest BCUT2D eigenvalue weighted by atomic mass is 10.1. The van der Waals surface area contributed by atoms with Gasteiger partial charge in [0.15, 0.2) is 0 Å². The van der Waals surface area contributed by atoms with Crippen molar-refractivity contribution in [3.8, 4) is 0 Å². The first kappa shape index (κ1) is 6.43. The molecule has 0 amide bonds. The fourth-order valence-electron chi connectivity index (χ4n) is 1.31. The second kappa shape index (κ2) is 2.40. The van der Waals surface area contributed by atoms with Gasteiger partial charge in [0, 0.05) is 47.5 Å². The summed E-state index contributed by atoms with van der Waals surface area (Å²) in [5.74, 6) is 0. The maximum atomic E-state index is 3.46. The molecular weight excluding hydrogens is 192 g/mol. The number of fused-ring (bicyclic) bond motifs is 1. The molecule has 0 unspecified atom stereocenters. The van der Waals surface area contributed by atoms with Crippen LogP contribution >= 0.6 is 16.1 Å². The number of aromatic nitrogens is 1. The standard InChI is InChI=1S/C7H9BrN2/c8-10-4-2-7-6(5-10)1-3-9-7/h1,3,9H,2,4-5H2. The van der Waals surface area contributed by atoms with Crippen LogP contribution in [0.15, 0.2) is 12.3 Å². The van der Waals surface area contributed by atoms with Crippen LogP contribution in [0.1, 0.15) is 11.3 Å². The molecule has 1 N–H and O–H groups in total. The van der Waals surface area contributed by atoms with Crippen molar-refractivity contribution >= 4 is 16.1 Å². The zero-order valence-corrected chi connectivity index (χ0v) is 7.19. The monoisotopic (exact) mass is 200 g/mol. The minimum atomic E-state index is 1.03. The van der Waals surface area contributed by atoms with E-state index < -0.39 is 0 Å². The van der Waals surface area contributed by atoms with Gasteiger partial charge in [-0.25, -0.2) is 3.93 Å². The Morgan fingerprint density at radius 3 is 3.40 bits per heavy atom. The van der Waals surface area contributed by atoms with Crippen LogP contribution in [-0.2, 0) is 13.0 Å². The number of nitrogens with zero attached hydrogens (tertiary/aromatic N) is 1. The molecule has 1 aromatic heterocycles. The molecule has 0 aromatic carbocycles. The minimum Gasteiger partial charge on any atom is -0.365 e. The Morgan fingerprint density at radius 1 is 1.60 bits per heavy atom. The molecule has 0 radical (unpaired) electrons. The lowest BCUT2D eigenvalue weighted by molar-refractivity contribution is 0.458. The van der Waals surface area contributed by atoms with E-state index in [-0.39, 0.29) is 0 Å². The first-order valence-corrected chi connectivity index (χ1v) is 4.13. The predicted octanol–water partition coefficient (Wildman–Crippen LogP) is 1.68. The molecule has 0 aliphatic carbocycles. The Kier molecular flexibility index (Phi) is 1.54. The number of halogens is 1. The van der Waals surface area contributed by atoms with Gasteiger partial charge in [-0.3, -0.25) is 0 Å². The molecule has 0 saturated carbocycles. The molecular formula is C7H9BrN2. The highest BCUT2D eigenvalue weighted by atomic mass is 79.9. The highest BCUT2D eigenvalue weighted by Gasteiger charge is 2.13. The summed E-state index contributed by atoms with van der Waals surface area (Å²) in [4.78, 5) is 3.23. The summed E-state index contributed by atoms with van der Waals surface area (Å²) in [7, 11) is 0. The molecule has 1 aromatic rings. The van der Waals surface area contributed by atoms with Crippen LogP contribution in [0.4, 0.5) is 0 Å². The number of aromatic amines is 1. The van der Waals surface area contributed by atoms with Gasteiger partial charge in [0.2, 0.25) is 0 Å². The van der Waals surface area contributed by atoms with Crippen molar-refractivity contribution in [2.45, 2.75) is 13.0 Å². The van der Waals surface area contributed by atoms with Crippen molar-refractivity contribution in [2.75, 3.05) is 6.54 Å². The van der Waals surface area contributed by atoms with E-state index in [0.29, 0.717) is 0 Å². The summed E-state index contributed by atoms with van der Waals surface area (Å²) in [5, 5.41) is 0. The number of hydrogen-bond donors (Lipinski definition) is 1. The molecule has 2 heterocycles. The Labute approximate surface area is 68.6 Å². The van der Waals surface area contributed by atoms with Gasteiger partial charge in [-0.2, -0.15) is 0 Å². The van der Waals surface area contributed by atoms with Gasteiger partial charge in [-0.05, 0) is 11.6 Å². The number of rotatable bonds is 0. The van der Waals surface area contributed by atoms with Crippen LogP contribution < -0.4 is 0 Å². The number of H-pyrrole nitrogens is 1. The van der Waals surface area contributed by atoms with E-state index in [4.69, 9.17) is 0 Å². The van der Waals surface area contributed by atoms with Crippen LogP contribution in [0.5, 0.6) is 0 Å². The highest BCUT2D eigenvalue weighted by molar-refractivity contribution is 9.07. The normalized spacial score (nSPS) is 18.9. The number of hydrogen-bond acceptors (Lipinski definition) is 1. The quantitative estimate of drug-likeness (QED) is 0.632. The summed E-state index contributed by atoms with van der Waals surface area (Å²) >= 11 is 3.46. The average Bonchev–Trinajstić information content (AvgIpc) is 2.33. The molecule has 2 nitrogen and oxygen atoms in total. The third kappa shape index (κ3) is 0.995. The van der Waals surface area contributed by atoms with Crippen LogP contribution in [0.25, 0.3) is 0 Å². The molecule has 10 heavy (non-hydrogen) atoms. The SMILES string of the molecule is BrN1CCc2[nH]ccc2C1. The van der Waals surface area contributed by atoms with Gasteiger partial charge in [0.05, 0.1) is 0 Å². The van der Waals surface area contributed by atoms with E-state index >= 15 is 0 Å². The Balaban J connectivity index is 2.30. The van der Waals surface area contributed by atoms with Crippen molar-refractivity contribution in [1.82, 2.24) is 8.91 Å². The molecule has 0 spiro atoms. The van der Waals surface area contributed by atoms with E-state index in [1.807, 2.05) is 6.20 Å².